The van der Waals surface area contributed by atoms with Crippen LogP contribution < -0.4 is 10.6 Å². The monoisotopic (exact) mass is 530 g/mol. The first-order valence-corrected chi connectivity index (χ1v) is 9.92. The van der Waals surface area contributed by atoms with Crippen LogP contribution in [0.25, 0.3) is 0 Å². The number of guanidine groups is 1. The zero-order chi connectivity index (χ0) is 19.9. The Morgan fingerprint density at radius 2 is 2.10 bits per heavy atom. The Balaban J connectivity index is 0.00000300. The van der Waals surface area contributed by atoms with E-state index in [9.17, 15) is 4.79 Å². The van der Waals surface area contributed by atoms with Crippen molar-refractivity contribution in [2.75, 3.05) is 32.0 Å². The third kappa shape index (κ3) is 6.88. The lowest BCUT2D eigenvalue weighted by molar-refractivity contribution is -0.116. The van der Waals surface area contributed by atoms with Crippen LogP contribution in [0, 0.1) is 0 Å². The van der Waals surface area contributed by atoms with Crippen molar-refractivity contribution in [3.05, 3.63) is 47.2 Å². The summed E-state index contributed by atoms with van der Waals surface area (Å²) in [5.74, 6) is 1.37. The van der Waals surface area contributed by atoms with Gasteiger partial charge < -0.3 is 15.5 Å². The Kier molecular flexibility index (Phi) is 9.22. The Morgan fingerprint density at radius 1 is 1.34 bits per heavy atom. The molecule has 1 aromatic carbocycles. The molecule has 3 rings (SSSR count). The zero-order valence-corrected chi connectivity index (χ0v) is 19.9. The van der Waals surface area contributed by atoms with Crippen LogP contribution in [0.1, 0.15) is 30.7 Å². The number of halogens is 2. The van der Waals surface area contributed by atoms with Crippen LogP contribution in [0.3, 0.4) is 0 Å². The topological polar surface area (TPSA) is 74.6 Å². The first-order valence-electron chi connectivity index (χ1n) is 9.54. The molecule has 1 unspecified atom stereocenters. The molecule has 158 valence electrons. The van der Waals surface area contributed by atoms with Crippen LogP contribution >= 0.6 is 35.6 Å². The molecule has 0 aliphatic carbocycles. The van der Waals surface area contributed by atoms with E-state index >= 15 is 0 Å². The number of anilines is 1. The van der Waals surface area contributed by atoms with Crippen molar-refractivity contribution in [1.82, 2.24) is 20.0 Å². The van der Waals surface area contributed by atoms with Crippen molar-refractivity contribution in [1.29, 1.82) is 0 Å². The molecule has 2 heterocycles. The molecule has 9 heteroatoms. The average Bonchev–Trinajstić information content (AvgIpc) is 3.33. The van der Waals surface area contributed by atoms with E-state index < -0.39 is 0 Å². The number of aryl methyl sites for hydroxylation is 1. The molecule has 2 N–H and O–H groups in total. The maximum atomic E-state index is 12.0. The maximum Gasteiger partial charge on any atom is 0.224 e. The molecule has 1 amide bonds. The quantitative estimate of drug-likeness (QED) is 0.260. The molecule has 1 aliphatic heterocycles. The largest absolute Gasteiger partial charge is 0.356 e. The van der Waals surface area contributed by atoms with Crippen molar-refractivity contribution in [3.63, 3.8) is 0 Å². The molecule has 29 heavy (non-hydrogen) atoms. The number of nitrogens with one attached hydrogen (secondary N) is 2. The molecule has 1 aromatic heterocycles. The van der Waals surface area contributed by atoms with Gasteiger partial charge in [0.2, 0.25) is 5.91 Å². The number of hydrogen-bond donors (Lipinski definition) is 2. The number of rotatable bonds is 6. The number of nitrogens with zero attached hydrogens (tertiary/aromatic N) is 4. The Bertz CT molecular complexity index is 823. The van der Waals surface area contributed by atoms with Crippen LogP contribution in [-0.4, -0.2) is 53.2 Å². The summed E-state index contributed by atoms with van der Waals surface area (Å²) in [6.07, 6.45) is 6.31. The van der Waals surface area contributed by atoms with Gasteiger partial charge in [0.05, 0.1) is 6.20 Å². The van der Waals surface area contributed by atoms with Crippen molar-refractivity contribution >= 4 is 53.1 Å². The number of aliphatic imine (C=N–C) groups is 1. The number of hydrogen-bond acceptors (Lipinski definition) is 3. The summed E-state index contributed by atoms with van der Waals surface area (Å²) < 4.78 is 1.85. The number of carbonyl (C=O) groups excluding carboxylic acids is 1. The highest BCUT2D eigenvalue weighted by atomic mass is 127. The molecule has 1 aliphatic rings. The summed E-state index contributed by atoms with van der Waals surface area (Å²) >= 11 is 5.85. The highest BCUT2D eigenvalue weighted by Gasteiger charge is 2.26. The fraction of sp³-hybridized carbons (Fsp3) is 0.450. The minimum absolute atomic E-state index is 0. The Morgan fingerprint density at radius 3 is 2.76 bits per heavy atom. The average molecular weight is 531 g/mol. The van der Waals surface area contributed by atoms with Gasteiger partial charge in [-0.3, -0.25) is 14.5 Å². The fourth-order valence-electron chi connectivity index (χ4n) is 3.41. The molecule has 0 saturated carbocycles. The van der Waals surface area contributed by atoms with E-state index in [2.05, 4.69) is 31.8 Å². The second-order valence-electron chi connectivity index (χ2n) is 7.01. The van der Waals surface area contributed by atoms with Crippen LogP contribution in [0.15, 0.2) is 41.7 Å². The SMILES string of the molecule is CN=C(NCCCC(=O)Nc1ccc(Cl)cc1)N1CCC(c2cnn(C)c2)C1.I. The molecule has 2 aromatic rings. The predicted octanol–water partition coefficient (Wildman–Crippen LogP) is 3.48. The van der Waals surface area contributed by atoms with Crippen molar-refractivity contribution in [3.8, 4) is 0 Å². The third-order valence-electron chi connectivity index (χ3n) is 4.89. The summed E-state index contributed by atoms with van der Waals surface area (Å²) in [5.41, 5.74) is 2.04. The van der Waals surface area contributed by atoms with Gasteiger partial charge in [-0.05, 0) is 42.7 Å². The third-order valence-corrected chi connectivity index (χ3v) is 5.14. The highest BCUT2D eigenvalue weighted by Crippen LogP contribution is 2.26. The molecular weight excluding hydrogens is 503 g/mol. The van der Waals surface area contributed by atoms with Gasteiger partial charge in [0, 0.05) is 63.0 Å². The van der Waals surface area contributed by atoms with E-state index in [0.717, 1.165) is 37.6 Å². The summed E-state index contributed by atoms with van der Waals surface area (Å²) in [4.78, 5) is 18.7. The summed E-state index contributed by atoms with van der Waals surface area (Å²) in [5, 5.41) is 11.2. The van der Waals surface area contributed by atoms with Crippen molar-refractivity contribution < 1.29 is 4.79 Å². The first kappa shape index (κ1) is 23.5. The van der Waals surface area contributed by atoms with Gasteiger partial charge >= 0.3 is 0 Å². The van der Waals surface area contributed by atoms with Gasteiger partial charge in [-0.25, -0.2) is 0 Å². The van der Waals surface area contributed by atoms with Crippen LogP contribution in [0.2, 0.25) is 5.02 Å². The molecule has 1 atom stereocenters. The van der Waals surface area contributed by atoms with E-state index in [0.29, 0.717) is 23.9 Å². The van der Waals surface area contributed by atoms with Gasteiger partial charge in [-0.1, -0.05) is 11.6 Å². The molecule has 0 spiro atoms. The van der Waals surface area contributed by atoms with Gasteiger partial charge in [0.25, 0.3) is 0 Å². The summed E-state index contributed by atoms with van der Waals surface area (Å²) in [7, 11) is 3.74. The van der Waals surface area contributed by atoms with E-state index in [1.165, 1.54) is 5.56 Å². The van der Waals surface area contributed by atoms with Crippen molar-refractivity contribution in [2.45, 2.75) is 25.2 Å². The number of aromatic nitrogens is 2. The Labute approximate surface area is 193 Å². The number of amides is 1. The number of likely N-dealkylation sites (tertiary alicyclic amines) is 1. The van der Waals surface area contributed by atoms with E-state index in [4.69, 9.17) is 11.6 Å². The molecular formula is C20H28ClIN6O. The van der Waals surface area contributed by atoms with Gasteiger partial charge in [-0.2, -0.15) is 5.10 Å². The normalized spacial score (nSPS) is 16.4. The lowest BCUT2D eigenvalue weighted by atomic mass is 10.0. The number of carbonyl (C=O) groups is 1. The highest BCUT2D eigenvalue weighted by molar-refractivity contribution is 14.0. The first-order chi connectivity index (χ1) is 13.5. The minimum atomic E-state index is -0.00285. The zero-order valence-electron chi connectivity index (χ0n) is 16.8. The van der Waals surface area contributed by atoms with Gasteiger partial charge in [0.1, 0.15) is 0 Å². The van der Waals surface area contributed by atoms with Crippen molar-refractivity contribution in [2.24, 2.45) is 12.0 Å². The minimum Gasteiger partial charge on any atom is -0.356 e. The second-order valence-corrected chi connectivity index (χ2v) is 7.45. The summed E-state index contributed by atoms with van der Waals surface area (Å²) in [6.45, 7) is 2.60. The molecule has 1 saturated heterocycles. The van der Waals surface area contributed by atoms with Gasteiger partial charge in [-0.15, -0.1) is 24.0 Å². The van der Waals surface area contributed by atoms with Crippen LogP contribution in [0.4, 0.5) is 5.69 Å². The maximum absolute atomic E-state index is 12.0. The van der Waals surface area contributed by atoms with E-state index in [-0.39, 0.29) is 29.9 Å². The number of benzene rings is 1. The fourth-order valence-corrected chi connectivity index (χ4v) is 3.54. The lowest BCUT2D eigenvalue weighted by Gasteiger charge is -2.21. The molecule has 1 fully saturated rings. The van der Waals surface area contributed by atoms with Gasteiger partial charge in [0.15, 0.2) is 5.96 Å². The van der Waals surface area contributed by atoms with Crippen LogP contribution in [0.5, 0.6) is 0 Å². The summed E-state index contributed by atoms with van der Waals surface area (Å²) in [6, 6.07) is 7.12. The standard InChI is InChI=1S/C20H27ClN6O.HI/c1-22-20(27-11-9-15(14-27)16-12-24-26(2)13-16)23-10-3-4-19(28)25-18-7-5-17(21)6-8-18;/h5-8,12-13,15H,3-4,9-11,14H2,1-2H3,(H,22,23)(H,25,28);1H. The molecule has 7 nitrogen and oxygen atoms in total. The molecule has 0 radical (unpaired) electrons. The van der Waals surface area contributed by atoms with E-state index in [1.54, 1.807) is 31.3 Å². The van der Waals surface area contributed by atoms with Crippen LogP contribution in [-0.2, 0) is 11.8 Å². The smallest absolute Gasteiger partial charge is 0.224 e. The second kappa shape index (κ2) is 11.4. The molecule has 0 bridgehead atoms. The van der Waals surface area contributed by atoms with E-state index in [1.807, 2.05) is 17.9 Å². The predicted molar refractivity (Wildman–Crippen MR) is 128 cm³/mol. The lowest BCUT2D eigenvalue weighted by Crippen LogP contribution is -2.40. The Hall–Kier alpha value is -1.81.